The third-order valence-corrected chi connectivity index (χ3v) is 5.19. The molecular formula is C19H27NO2. The van der Waals surface area contributed by atoms with Gasteiger partial charge in [0.2, 0.25) is 0 Å². The molecule has 1 saturated heterocycles. The lowest BCUT2D eigenvalue weighted by Crippen LogP contribution is -2.46. The van der Waals surface area contributed by atoms with Crippen LogP contribution >= 0.6 is 0 Å². The molecule has 0 N–H and O–H groups in total. The number of nitrogens with zero attached hydrogens (tertiary/aromatic N) is 1. The number of benzene rings is 1. The molecule has 0 aliphatic carbocycles. The van der Waals surface area contributed by atoms with Gasteiger partial charge in [-0.3, -0.25) is 9.69 Å². The van der Waals surface area contributed by atoms with Gasteiger partial charge in [-0.2, -0.15) is 0 Å². The van der Waals surface area contributed by atoms with Crippen LogP contribution in [0.4, 0.5) is 0 Å². The van der Waals surface area contributed by atoms with Crippen molar-refractivity contribution >= 4 is 5.78 Å². The summed E-state index contributed by atoms with van der Waals surface area (Å²) in [6.45, 7) is 8.50. The predicted octanol–water partition coefficient (Wildman–Crippen LogP) is 3.54. The number of carbonyl (C=O) groups excluding carboxylic acids is 1. The van der Waals surface area contributed by atoms with Gasteiger partial charge in [0.1, 0.15) is 11.5 Å². The van der Waals surface area contributed by atoms with Crippen LogP contribution in [0.5, 0.6) is 5.75 Å². The number of aryl methyl sites for hydroxylation is 1. The second kappa shape index (κ2) is 6.04. The molecule has 1 fully saturated rings. The number of rotatable bonds is 3. The first-order valence-corrected chi connectivity index (χ1v) is 8.43. The van der Waals surface area contributed by atoms with Crippen LogP contribution in [0.3, 0.4) is 0 Å². The zero-order chi connectivity index (χ0) is 15.9. The number of ether oxygens (including phenoxy) is 1. The van der Waals surface area contributed by atoms with Crippen molar-refractivity contribution in [2.24, 2.45) is 11.8 Å². The summed E-state index contributed by atoms with van der Waals surface area (Å²) in [5.74, 6) is 2.24. The third-order valence-electron chi connectivity index (χ3n) is 5.19. The van der Waals surface area contributed by atoms with Crippen LogP contribution in [0.1, 0.15) is 49.4 Å². The summed E-state index contributed by atoms with van der Waals surface area (Å²) in [5, 5.41) is 0. The molecule has 1 aromatic rings. The van der Waals surface area contributed by atoms with E-state index in [1.54, 1.807) is 7.11 Å². The molecule has 2 atom stereocenters. The second-order valence-electron chi connectivity index (χ2n) is 7.28. The van der Waals surface area contributed by atoms with Crippen molar-refractivity contribution in [2.45, 2.75) is 46.1 Å². The minimum Gasteiger partial charge on any atom is -0.496 e. The number of ketones is 1. The van der Waals surface area contributed by atoms with Crippen LogP contribution in [-0.4, -0.2) is 30.9 Å². The van der Waals surface area contributed by atoms with Gasteiger partial charge in [0.25, 0.3) is 0 Å². The van der Waals surface area contributed by atoms with Crippen molar-refractivity contribution in [1.82, 2.24) is 4.90 Å². The molecule has 3 rings (SSSR count). The van der Waals surface area contributed by atoms with Crippen molar-refractivity contribution < 1.29 is 9.53 Å². The second-order valence-corrected chi connectivity index (χ2v) is 7.28. The summed E-state index contributed by atoms with van der Waals surface area (Å²) in [6, 6.07) is 4.69. The Morgan fingerprint density at radius 1 is 1.36 bits per heavy atom. The number of piperidine rings is 1. The Bertz CT molecular complexity index is 579. The van der Waals surface area contributed by atoms with E-state index in [9.17, 15) is 4.79 Å². The number of fused-ring (bicyclic) bond motifs is 3. The van der Waals surface area contributed by atoms with E-state index in [-0.39, 0.29) is 12.0 Å². The fourth-order valence-electron chi connectivity index (χ4n) is 4.09. The molecule has 0 unspecified atom stereocenters. The molecule has 0 saturated carbocycles. The van der Waals surface area contributed by atoms with Crippen molar-refractivity contribution in [1.29, 1.82) is 0 Å². The molecule has 0 amide bonds. The average molecular weight is 301 g/mol. The highest BCUT2D eigenvalue weighted by Crippen LogP contribution is 2.40. The van der Waals surface area contributed by atoms with Crippen molar-refractivity contribution in [3.8, 4) is 5.75 Å². The Labute approximate surface area is 133 Å². The molecule has 3 nitrogen and oxygen atoms in total. The molecule has 120 valence electrons. The van der Waals surface area contributed by atoms with Crippen LogP contribution in [0.15, 0.2) is 12.1 Å². The molecule has 2 aliphatic rings. The number of carbonyl (C=O) groups is 1. The zero-order valence-corrected chi connectivity index (χ0v) is 14.2. The minimum absolute atomic E-state index is 0.233. The first kappa shape index (κ1) is 15.5. The SMILES string of the molecule is COc1cc2c(cc1C)[C@H]1CC(=O)[C@H](CC(C)C)CN1CC2. The van der Waals surface area contributed by atoms with Crippen molar-refractivity contribution in [3.63, 3.8) is 0 Å². The van der Waals surface area contributed by atoms with E-state index < -0.39 is 0 Å². The maximum absolute atomic E-state index is 12.6. The summed E-state index contributed by atoms with van der Waals surface area (Å²) >= 11 is 0. The summed E-state index contributed by atoms with van der Waals surface area (Å²) < 4.78 is 5.45. The predicted molar refractivity (Wildman–Crippen MR) is 88.3 cm³/mol. The smallest absolute Gasteiger partial charge is 0.139 e. The van der Waals surface area contributed by atoms with Gasteiger partial charge in [-0.1, -0.05) is 19.9 Å². The Hall–Kier alpha value is -1.35. The summed E-state index contributed by atoms with van der Waals surface area (Å²) in [6.07, 6.45) is 2.76. The number of hydrogen-bond donors (Lipinski definition) is 0. The molecular weight excluding hydrogens is 274 g/mol. The molecule has 0 radical (unpaired) electrons. The van der Waals surface area contributed by atoms with E-state index in [4.69, 9.17) is 4.74 Å². The van der Waals surface area contributed by atoms with Gasteiger partial charge >= 0.3 is 0 Å². The quantitative estimate of drug-likeness (QED) is 0.855. The highest BCUT2D eigenvalue weighted by atomic mass is 16.5. The maximum Gasteiger partial charge on any atom is 0.139 e. The molecule has 22 heavy (non-hydrogen) atoms. The standard InChI is InChI=1S/C19H27NO2/c1-12(2)7-15-11-20-6-5-14-9-19(22-4)13(3)8-16(14)17(20)10-18(15)21/h8-9,12,15,17H,5-7,10-11H2,1-4H3/t15-,17-/m1/s1. The van der Waals surface area contributed by atoms with Gasteiger partial charge in [0.15, 0.2) is 0 Å². The monoisotopic (exact) mass is 301 g/mol. The van der Waals surface area contributed by atoms with Crippen molar-refractivity contribution in [3.05, 3.63) is 28.8 Å². The Kier molecular flexibility index (Phi) is 4.26. The van der Waals surface area contributed by atoms with Crippen LogP contribution < -0.4 is 4.74 Å². The van der Waals surface area contributed by atoms with Crippen molar-refractivity contribution in [2.75, 3.05) is 20.2 Å². The van der Waals surface area contributed by atoms with Gasteiger partial charge < -0.3 is 4.74 Å². The van der Waals surface area contributed by atoms with Crippen LogP contribution in [0.2, 0.25) is 0 Å². The lowest BCUT2D eigenvalue weighted by molar-refractivity contribution is -0.129. The minimum atomic E-state index is 0.233. The number of hydrogen-bond acceptors (Lipinski definition) is 3. The molecule has 0 spiro atoms. The van der Waals surface area contributed by atoms with E-state index in [1.807, 2.05) is 0 Å². The normalized spacial score (nSPS) is 25.0. The van der Waals surface area contributed by atoms with Gasteiger partial charge in [-0.05, 0) is 48.4 Å². The zero-order valence-electron chi connectivity index (χ0n) is 14.2. The van der Waals surface area contributed by atoms with E-state index in [1.165, 1.54) is 16.7 Å². The van der Waals surface area contributed by atoms with Gasteiger partial charge in [-0.15, -0.1) is 0 Å². The molecule has 3 heteroatoms. The molecule has 2 heterocycles. The fourth-order valence-corrected chi connectivity index (χ4v) is 4.09. The molecule has 2 aliphatic heterocycles. The van der Waals surface area contributed by atoms with E-state index in [0.29, 0.717) is 18.1 Å². The lowest BCUT2D eigenvalue weighted by Gasteiger charge is -2.43. The first-order valence-electron chi connectivity index (χ1n) is 8.43. The number of Topliss-reactive ketones (excluding diaryl/α,β-unsaturated/α-hetero) is 1. The highest BCUT2D eigenvalue weighted by molar-refractivity contribution is 5.83. The highest BCUT2D eigenvalue weighted by Gasteiger charge is 2.38. The first-order chi connectivity index (χ1) is 10.5. The van der Waals surface area contributed by atoms with Crippen LogP contribution in [0.25, 0.3) is 0 Å². The maximum atomic E-state index is 12.6. The lowest BCUT2D eigenvalue weighted by atomic mass is 9.79. The number of methoxy groups -OCH3 is 1. The van der Waals surface area contributed by atoms with E-state index in [2.05, 4.69) is 37.8 Å². The van der Waals surface area contributed by atoms with Crippen LogP contribution in [-0.2, 0) is 11.2 Å². The summed E-state index contributed by atoms with van der Waals surface area (Å²) in [7, 11) is 1.73. The van der Waals surface area contributed by atoms with Gasteiger partial charge in [0, 0.05) is 31.5 Å². The molecule has 0 aromatic heterocycles. The largest absolute Gasteiger partial charge is 0.496 e. The Balaban J connectivity index is 1.87. The summed E-state index contributed by atoms with van der Waals surface area (Å²) in [4.78, 5) is 15.1. The fraction of sp³-hybridized carbons (Fsp3) is 0.632. The third kappa shape index (κ3) is 2.79. The van der Waals surface area contributed by atoms with Gasteiger partial charge in [-0.25, -0.2) is 0 Å². The topological polar surface area (TPSA) is 29.5 Å². The molecule has 1 aromatic carbocycles. The summed E-state index contributed by atoms with van der Waals surface area (Å²) in [5.41, 5.74) is 3.87. The average Bonchev–Trinajstić information content (AvgIpc) is 2.47. The Morgan fingerprint density at radius 3 is 2.82 bits per heavy atom. The van der Waals surface area contributed by atoms with E-state index in [0.717, 1.165) is 31.7 Å². The van der Waals surface area contributed by atoms with Gasteiger partial charge in [0.05, 0.1) is 7.11 Å². The Morgan fingerprint density at radius 2 is 2.14 bits per heavy atom. The molecule has 0 bridgehead atoms. The van der Waals surface area contributed by atoms with Crippen LogP contribution in [0, 0.1) is 18.8 Å². The van der Waals surface area contributed by atoms with E-state index >= 15 is 0 Å².